The molecule has 2 atom stereocenters. The van der Waals surface area contributed by atoms with Gasteiger partial charge in [0.15, 0.2) is 0 Å². The second kappa shape index (κ2) is 4.90. The molecule has 1 aliphatic carbocycles. The number of hydrogen-bond acceptors (Lipinski definition) is 1. The summed E-state index contributed by atoms with van der Waals surface area (Å²) in [5.41, 5.74) is 0. The van der Waals surface area contributed by atoms with Crippen molar-refractivity contribution in [2.24, 2.45) is 0 Å². The zero-order chi connectivity index (χ0) is 12.8. The average Bonchev–Trinajstić information content (AvgIpc) is 2.64. The highest BCUT2D eigenvalue weighted by atomic mass is 31.2. The Bertz CT molecular complexity index is 334. The third kappa shape index (κ3) is 1.81. The summed E-state index contributed by atoms with van der Waals surface area (Å²) in [7, 11) is 1.77. The van der Waals surface area contributed by atoms with Crippen LogP contribution in [-0.2, 0) is 4.57 Å². The molecule has 3 fully saturated rings. The summed E-state index contributed by atoms with van der Waals surface area (Å²) < 4.78 is 20.3. The van der Waals surface area contributed by atoms with Gasteiger partial charge in [-0.25, -0.2) is 14.0 Å². The standard InChI is InChI=1S/C13H26N3OP/c1-14-12-8-4-5-9-13(12)15(2)18(14,17)16-10-6-3-7-11-16/h12-13H,3-11H2,1-2H3. The van der Waals surface area contributed by atoms with E-state index >= 15 is 0 Å². The molecule has 3 rings (SSSR count). The number of fused-ring (bicyclic) bond motifs is 1. The van der Waals surface area contributed by atoms with Gasteiger partial charge in [0.05, 0.1) is 0 Å². The SMILES string of the molecule is CN1C2CCCCC2N(C)P1(=O)N1CCCCC1. The minimum absolute atomic E-state index is 0.525. The van der Waals surface area contributed by atoms with Gasteiger partial charge in [0, 0.05) is 25.2 Å². The van der Waals surface area contributed by atoms with Gasteiger partial charge in [-0.15, -0.1) is 0 Å². The molecule has 0 aromatic rings. The van der Waals surface area contributed by atoms with Gasteiger partial charge in [0.2, 0.25) is 0 Å². The van der Waals surface area contributed by atoms with Crippen LogP contribution in [0.5, 0.6) is 0 Å². The highest BCUT2D eigenvalue weighted by Gasteiger charge is 2.54. The first-order valence-electron chi connectivity index (χ1n) is 7.48. The Morgan fingerprint density at radius 3 is 1.83 bits per heavy atom. The molecule has 0 amide bonds. The van der Waals surface area contributed by atoms with Crippen LogP contribution in [0, 0.1) is 0 Å². The van der Waals surface area contributed by atoms with Gasteiger partial charge in [0.1, 0.15) is 0 Å². The van der Waals surface area contributed by atoms with E-state index in [4.69, 9.17) is 0 Å². The third-order valence-corrected chi connectivity index (χ3v) is 8.55. The molecule has 0 N–H and O–H groups in total. The molecular formula is C13H26N3OP. The molecule has 104 valence electrons. The lowest BCUT2D eigenvalue weighted by Crippen LogP contribution is -2.37. The molecular weight excluding hydrogens is 245 g/mol. The van der Waals surface area contributed by atoms with Crippen LogP contribution < -0.4 is 0 Å². The maximum atomic E-state index is 13.6. The minimum atomic E-state index is -2.43. The first kappa shape index (κ1) is 13.1. The predicted octanol–water partition coefficient (Wildman–Crippen LogP) is 2.77. The van der Waals surface area contributed by atoms with Gasteiger partial charge >= 0.3 is 0 Å². The lowest BCUT2D eigenvalue weighted by molar-refractivity contribution is 0.233. The van der Waals surface area contributed by atoms with Gasteiger partial charge < -0.3 is 0 Å². The summed E-state index contributed by atoms with van der Waals surface area (Å²) in [6, 6.07) is 1.05. The Morgan fingerprint density at radius 1 is 0.833 bits per heavy atom. The van der Waals surface area contributed by atoms with E-state index in [9.17, 15) is 4.57 Å². The van der Waals surface area contributed by atoms with Gasteiger partial charge in [0.25, 0.3) is 7.59 Å². The van der Waals surface area contributed by atoms with E-state index in [-0.39, 0.29) is 0 Å². The van der Waals surface area contributed by atoms with Crippen molar-refractivity contribution in [3.05, 3.63) is 0 Å². The summed E-state index contributed by atoms with van der Waals surface area (Å²) in [5, 5.41) is 0. The Balaban J connectivity index is 1.87. The molecule has 2 heterocycles. The monoisotopic (exact) mass is 271 g/mol. The normalized spacial score (nSPS) is 44.1. The summed E-state index contributed by atoms with van der Waals surface area (Å²) >= 11 is 0. The summed E-state index contributed by atoms with van der Waals surface area (Å²) in [4.78, 5) is 0. The van der Waals surface area contributed by atoms with E-state index in [0.717, 1.165) is 13.1 Å². The summed E-state index contributed by atoms with van der Waals surface area (Å²) in [5.74, 6) is 0. The van der Waals surface area contributed by atoms with E-state index in [2.05, 4.69) is 28.1 Å². The van der Waals surface area contributed by atoms with Crippen LogP contribution >= 0.6 is 7.59 Å². The smallest absolute Gasteiger partial charge is 0.270 e. The number of nitrogens with zero attached hydrogens (tertiary/aromatic N) is 3. The van der Waals surface area contributed by atoms with Crippen molar-refractivity contribution in [1.82, 2.24) is 14.0 Å². The molecule has 2 unspecified atom stereocenters. The molecule has 0 aromatic carbocycles. The molecule has 2 saturated heterocycles. The van der Waals surface area contributed by atoms with Crippen molar-refractivity contribution in [2.45, 2.75) is 57.0 Å². The number of rotatable bonds is 1. The van der Waals surface area contributed by atoms with Crippen molar-refractivity contribution >= 4 is 7.59 Å². The molecule has 3 aliphatic rings. The molecule has 5 heteroatoms. The fourth-order valence-electron chi connectivity index (χ4n) is 4.11. The van der Waals surface area contributed by atoms with Crippen LogP contribution in [0.25, 0.3) is 0 Å². The van der Waals surface area contributed by atoms with Gasteiger partial charge in [-0.2, -0.15) is 0 Å². The second-order valence-corrected chi connectivity index (χ2v) is 8.95. The van der Waals surface area contributed by atoms with E-state index in [1.165, 1.54) is 44.9 Å². The van der Waals surface area contributed by atoms with E-state index in [1.54, 1.807) is 0 Å². The lowest BCUT2D eigenvalue weighted by Gasteiger charge is -2.38. The topological polar surface area (TPSA) is 26.8 Å². The van der Waals surface area contributed by atoms with Crippen LogP contribution in [-0.4, -0.2) is 53.3 Å². The minimum Gasteiger partial charge on any atom is -0.270 e. The van der Waals surface area contributed by atoms with Crippen LogP contribution in [0.1, 0.15) is 44.9 Å². The third-order valence-electron chi connectivity index (χ3n) is 5.18. The van der Waals surface area contributed by atoms with Crippen LogP contribution in [0.2, 0.25) is 0 Å². The molecule has 0 spiro atoms. The Morgan fingerprint density at radius 2 is 1.33 bits per heavy atom. The number of piperidine rings is 1. The van der Waals surface area contributed by atoms with Crippen LogP contribution in [0.15, 0.2) is 0 Å². The molecule has 18 heavy (non-hydrogen) atoms. The number of likely N-dealkylation sites (N-methyl/N-ethyl adjacent to an activating group) is 2. The quantitative estimate of drug-likeness (QED) is 0.685. The molecule has 2 aliphatic heterocycles. The highest BCUT2D eigenvalue weighted by molar-refractivity contribution is 7.56. The van der Waals surface area contributed by atoms with Gasteiger partial charge in [-0.3, -0.25) is 4.57 Å². The van der Waals surface area contributed by atoms with Gasteiger partial charge in [-0.05, 0) is 39.8 Å². The molecule has 4 nitrogen and oxygen atoms in total. The molecule has 1 saturated carbocycles. The fraction of sp³-hybridized carbons (Fsp3) is 1.00. The van der Waals surface area contributed by atoms with Crippen molar-refractivity contribution < 1.29 is 4.57 Å². The lowest BCUT2D eigenvalue weighted by atomic mass is 9.91. The zero-order valence-electron chi connectivity index (χ0n) is 11.7. The Labute approximate surface area is 111 Å². The fourth-order valence-corrected chi connectivity index (χ4v) is 7.47. The first-order chi connectivity index (χ1) is 8.65. The predicted molar refractivity (Wildman–Crippen MR) is 74.6 cm³/mol. The summed E-state index contributed by atoms with van der Waals surface area (Å²) in [6.45, 7) is 2.04. The van der Waals surface area contributed by atoms with Gasteiger partial charge in [-0.1, -0.05) is 19.3 Å². The van der Waals surface area contributed by atoms with E-state index in [1.807, 2.05) is 0 Å². The number of hydrogen-bond donors (Lipinski definition) is 0. The van der Waals surface area contributed by atoms with E-state index in [0.29, 0.717) is 12.1 Å². The largest absolute Gasteiger partial charge is 0.286 e. The van der Waals surface area contributed by atoms with Crippen molar-refractivity contribution in [2.75, 3.05) is 27.2 Å². The van der Waals surface area contributed by atoms with Crippen molar-refractivity contribution in [3.63, 3.8) is 0 Å². The van der Waals surface area contributed by atoms with Crippen molar-refractivity contribution in [3.8, 4) is 0 Å². The first-order valence-corrected chi connectivity index (χ1v) is 9.04. The van der Waals surface area contributed by atoms with E-state index < -0.39 is 7.59 Å². The van der Waals surface area contributed by atoms with Crippen LogP contribution in [0.4, 0.5) is 0 Å². The molecule has 0 bridgehead atoms. The second-order valence-electron chi connectivity index (χ2n) is 6.09. The Hall–Kier alpha value is 0.110. The average molecular weight is 271 g/mol. The zero-order valence-corrected chi connectivity index (χ0v) is 12.6. The van der Waals surface area contributed by atoms with Crippen LogP contribution in [0.3, 0.4) is 0 Å². The maximum absolute atomic E-state index is 13.6. The molecule has 0 aromatic heterocycles. The highest BCUT2D eigenvalue weighted by Crippen LogP contribution is 2.64. The van der Waals surface area contributed by atoms with Crippen molar-refractivity contribution in [1.29, 1.82) is 0 Å². The Kier molecular flexibility index (Phi) is 3.57. The summed E-state index contributed by atoms with van der Waals surface area (Å²) in [6.07, 6.45) is 8.78. The maximum Gasteiger partial charge on any atom is 0.286 e. The molecule has 0 radical (unpaired) electrons.